The standard InChI is InChI=1S/C29H31FN6O3/c1-34(2)16-7-11-23(37)35-17-6-8-20(18-35)36-26-25(28(31)32-33-29(26)38)24(27(36)30)19-12-14-22(15-13-19)39-21-9-4-3-5-10-21/h3-5,7,9-15,20H,6,8,16-18H2,1-2H3,(H2,31,32)(H,33,38)/b11-7+. The molecule has 1 atom stereocenters. The van der Waals surface area contributed by atoms with Gasteiger partial charge in [0.15, 0.2) is 5.82 Å². The fraction of sp³-hybridized carbons (Fsp3) is 0.276. The highest BCUT2D eigenvalue weighted by atomic mass is 19.1. The van der Waals surface area contributed by atoms with Gasteiger partial charge in [-0.05, 0) is 56.8 Å². The van der Waals surface area contributed by atoms with E-state index >= 15 is 4.39 Å². The first kappa shape index (κ1) is 26.2. The van der Waals surface area contributed by atoms with Gasteiger partial charge in [-0.25, -0.2) is 5.10 Å². The number of aromatic amines is 1. The molecule has 0 aliphatic carbocycles. The Morgan fingerprint density at radius 3 is 2.62 bits per heavy atom. The minimum Gasteiger partial charge on any atom is -0.457 e. The first-order chi connectivity index (χ1) is 18.8. The Bertz CT molecular complexity index is 1560. The van der Waals surface area contributed by atoms with E-state index in [4.69, 9.17) is 10.5 Å². The molecule has 3 heterocycles. The second kappa shape index (κ2) is 11.1. The number of anilines is 1. The number of halogens is 1. The third-order valence-electron chi connectivity index (χ3n) is 6.82. The Hall–Kier alpha value is -4.44. The van der Waals surface area contributed by atoms with E-state index in [1.165, 1.54) is 4.57 Å². The minimum absolute atomic E-state index is 0.0252. The number of nitrogens with one attached hydrogen (secondary N) is 1. The summed E-state index contributed by atoms with van der Waals surface area (Å²) in [5.74, 6) is 0.567. The van der Waals surface area contributed by atoms with Crippen LogP contribution in [0.3, 0.4) is 0 Å². The van der Waals surface area contributed by atoms with E-state index in [0.29, 0.717) is 43.0 Å². The van der Waals surface area contributed by atoms with Crippen LogP contribution in [-0.2, 0) is 4.79 Å². The van der Waals surface area contributed by atoms with Crippen molar-refractivity contribution in [2.24, 2.45) is 0 Å². The number of carbonyl (C=O) groups excluding carboxylic acids is 1. The van der Waals surface area contributed by atoms with Gasteiger partial charge in [0.2, 0.25) is 11.9 Å². The van der Waals surface area contributed by atoms with E-state index in [0.717, 1.165) is 0 Å². The molecule has 1 aliphatic rings. The lowest BCUT2D eigenvalue weighted by atomic mass is 10.0. The van der Waals surface area contributed by atoms with Crippen molar-refractivity contribution in [2.45, 2.75) is 18.9 Å². The molecule has 5 rings (SSSR count). The average Bonchev–Trinajstić information content (AvgIpc) is 3.25. The highest BCUT2D eigenvalue weighted by Crippen LogP contribution is 2.39. The van der Waals surface area contributed by atoms with Crippen molar-refractivity contribution < 1.29 is 13.9 Å². The first-order valence-electron chi connectivity index (χ1n) is 12.8. The van der Waals surface area contributed by atoms with Gasteiger partial charge in [0.25, 0.3) is 5.56 Å². The van der Waals surface area contributed by atoms with E-state index in [9.17, 15) is 9.59 Å². The summed E-state index contributed by atoms with van der Waals surface area (Å²) in [4.78, 5) is 29.5. The normalized spacial score (nSPS) is 15.9. The Morgan fingerprint density at radius 1 is 1.18 bits per heavy atom. The van der Waals surface area contributed by atoms with Gasteiger partial charge >= 0.3 is 0 Å². The maximum absolute atomic E-state index is 16.4. The van der Waals surface area contributed by atoms with Gasteiger partial charge in [0.05, 0.1) is 11.4 Å². The molecule has 4 aromatic rings. The number of fused-ring (bicyclic) bond motifs is 1. The van der Waals surface area contributed by atoms with Crippen LogP contribution in [0.2, 0.25) is 0 Å². The van der Waals surface area contributed by atoms with Crippen LogP contribution >= 0.6 is 0 Å². The molecule has 10 heteroatoms. The molecule has 0 saturated carbocycles. The van der Waals surface area contributed by atoms with Gasteiger partial charge in [-0.1, -0.05) is 36.4 Å². The number of piperidine rings is 1. The number of ether oxygens (including phenoxy) is 1. The Labute approximate surface area is 225 Å². The lowest BCUT2D eigenvalue weighted by Gasteiger charge is -2.33. The lowest BCUT2D eigenvalue weighted by molar-refractivity contribution is -0.127. The smallest absolute Gasteiger partial charge is 0.288 e. The summed E-state index contributed by atoms with van der Waals surface area (Å²) in [7, 11) is 3.84. The second-order valence-corrected chi connectivity index (χ2v) is 9.88. The van der Waals surface area contributed by atoms with Gasteiger partial charge in [-0.3, -0.25) is 9.59 Å². The van der Waals surface area contributed by atoms with Gasteiger partial charge in [0.1, 0.15) is 17.0 Å². The number of rotatable bonds is 7. The molecule has 1 amide bonds. The van der Waals surface area contributed by atoms with Crippen molar-refractivity contribution in [1.82, 2.24) is 24.6 Å². The number of nitrogen functional groups attached to an aromatic ring is 1. The Balaban J connectivity index is 1.51. The number of nitrogens with two attached hydrogens (primary N) is 1. The lowest BCUT2D eigenvalue weighted by Crippen LogP contribution is -2.40. The number of carbonyl (C=O) groups is 1. The zero-order chi connectivity index (χ0) is 27.5. The van der Waals surface area contributed by atoms with Crippen molar-refractivity contribution in [1.29, 1.82) is 0 Å². The topological polar surface area (TPSA) is 109 Å². The van der Waals surface area contributed by atoms with E-state index in [-0.39, 0.29) is 34.7 Å². The van der Waals surface area contributed by atoms with Gasteiger partial charge in [-0.15, -0.1) is 0 Å². The first-order valence-corrected chi connectivity index (χ1v) is 12.8. The average molecular weight is 531 g/mol. The monoisotopic (exact) mass is 530 g/mol. The molecule has 1 fully saturated rings. The van der Waals surface area contributed by atoms with Crippen LogP contribution < -0.4 is 16.0 Å². The third kappa shape index (κ3) is 5.42. The predicted octanol–water partition coefficient (Wildman–Crippen LogP) is 4.19. The van der Waals surface area contributed by atoms with Crippen molar-refractivity contribution in [3.8, 4) is 22.6 Å². The molecule has 3 N–H and O–H groups in total. The van der Waals surface area contributed by atoms with Crippen LogP contribution in [0.1, 0.15) is 18.9 Å². The van der Waals surface area contributed by atoms with Crippen molar-refractivity contribution in [2.75, 3.05) is 39.5 Å². The largest absolute Gasteiger partial charge is 0.457 e. The van der Waals surface area contributed by atoms with Crippen LogP contribution in [0.25, 0.3) is 22.0 Å². The maximum Gasteiger partial charge on any atom is 0.288 e. The SMILES string of the molecule is CN(C)C/C=C/C(=O)N1CCCC(n2c(F)c(-c3ccc(Oc4ccccc4)cc3)c3c(N)n[nH]c(=O)c32)C1. The number of hydrogen-bond acceptors (Lipinski definition) is 6. The summed E-state index contributed by atoms with van der Waals surface area (Å²) in [6.45, 7) is 1.48. The summed E-state index contributed by atoms with van der Waals surface area (Å²) in [5, 5.41) is 6.56. The molecule has 9 nitrogen and oxygen atoms in total. The third-order valence-corrected chi connectivity index (χ3v) is 6.82. The van der Waals surface area contributed by atoms with E-state index < -0.39 is 17.5 Å². The van der Waals surface area contributed by atoms with Crippen LogP contribution in [0, 0.1) is 5.95 Å². The van der Waals surface area contributed by atoms with Crippen LogP contribution in [-0.4, -0.2) is 64.2 Å². The number of nitrogens with zero attached hydrogens (tertiary/aromatic N) is 4. The number of H-pyrrole nitrogens is 1. The quantitative estimate of drug-likeness (QED) is 0.347. The molecule has 0 radical (unpaired) electrons. The zero-order valence-electron chi connectivity index (χ0n) is 21.9. The number of likely N-dealkylation sites (tertiary alicyclic amines) is 1. The maximum atomic E-state index is 16.4. The van der Waals surface area contributed by atoms with Crippen LogP contribution in [0.4, 0.5) is 10.2 Å². The highest BCUT2D eigenvalue weighted by molar-refractivity contribution is 6.02. The molecule has 39 heavy (non-hydrogen) atoms. The van der Waals surface area contributed by atoms with Gasteiger partial charge < -0.3 is 24.8 Å². The molecule has 1 saturated heterocycles. The van der Waals surface area contributed by atoms with Crippen molar-refractivity contribution in [3.63, 3.8) is 0 Å². The number of para-hydroxylation sites is 1. The van der Waals surface area contributed by atoms with Crippen molar-refractivity contribution >= 4 is 22.6 Å². The van der Waals surface area contributed by atoms with Crippen LogP contribution in [0.5, 0.6) is 11.5 Å². The fourth-order valence-electron chi connectivity index (χ4n) is 5.01. The molecular formula is C29H31FN6O3. The number of benzene rings is 2. The highest BCUT2D eigenvalue weighted by Gasteiger charge is 2.31. The molecule has 2 aromatic carbocycles. The van der Waals surface area contributed by atoms with E-state index in [1.54, 1.807) is 41.3 Å². The van der Waals surface area contributed by atoms with Gasteiger partial charge in [0, 0.05) is 31.3 Å². The summed E-state index contributed by atoms with van der Waals surface area (Å²) in [6, 6.07) is 15.8. The molecule has 1 aliphatic heterocycles. The van der Waals surface area contributed by atoms with Gasteiger partial charge in [-0.2, -0.15) is 9.49 Å². The van der Waals surface area contributed by atoms with E-state index in [1.807, 2.05) is 49.3 Å². The summed E-state index contributed by atoms with van der Waals surface area (Å²) < 4.78 is 23.6. The second-order valence-electron chi connectivity index (χ2n) is 9.88. The molecule has 2 aromatic heterocycles. The van der Waals surface area contributed by atoms with E-state index in [2.05, 4.69) is 10.2 Å². The summed E-state index contributed by atoms with van der Waals surface area (Å²) in [5.41, 5.74) is 6.50. The summed E-state index contributed by atoms with van der Waals surface area (Å²) >= 11 is 0. The Morgan fingerprint density at radius 2 is 1.90 bits per heavy atom. The molecule has 1 unspecified atom stereocenters. The predicted molar refractivity (Wildman–Crippen MR) is 149 cm³/mol. The zero-order valence-corrected chi connectivity index (χ0v) is 21.9. The minimum atomic E-state index is -0.589. The fourth-order valence-corrected chi connectivity index (χ4v) is 5.01. The molecular weight excluding hydrogens is 499 g/mol. The number of likely N-dealkylation sites (N-methyl/N-ethyl adjacent to an activating group) is 1. The Kier molecular flexibility index (Phi) is 7.47. The molecule has 0 bridgehead atoms. The number of hydrogen-bond donors (Lipinski definition) is 2. The molecule has 0 spiro atoms. The molecule has 202 valence electrons. The summed E-state index contributed by atoms with van der Waals surface area (Å²) in [6.07, 6.45) is 4.64. The van der Waals surface area contributed by atoms with Crippen molar-refractivity contribution in [3.05, 3.63) is 83.1 Å². The van der Waals surface area contributed by atoms with Crippen LogP contribution in [0.15, 0.2) is 71.5 Å². The number of aromatic nitrogens is 3. The number of amides is 1.